The van der Waals surface area contributed by atoms with Crippen LogP contribution in [0.4, 0.5) is 0 Å². The van der Waals surface area contributed by atoms with Crippen molar-refractivity contribution >= 4 is 5.91 Å². The summed E-state index contributed by atoms with van der Waals surface area (Å²) in [4.78, 5) is 15.0. The predicted octanol–water partition coefficient (Wildman–Crippen LogP) is 2.51. The van der Waals surface area contributed by atoms with Crippen molar-refractivity contribution in [3.8, 4) is 11.1 Å². The molecule has 1 aliphatic carbocycles. The van der Waals surface area contributed by atoms with E-state index in [-0.39, 0.29) is 12.5 Å². The summed E-state index contributed by atoms with van der Waals surface area (Å²) in [5.74, 6) is -0.0255. The lowest BCUT2D eigenvalue weighted by Crippen LogP contribution is -2.51. The van der Waals surface area contributed by atoms with Gasteiger partial charge in [0.25, 0.3) is 0 Å². The van der Waals surface area contributed by atoms with E-state index in [1.54, 1.807) is 0 Å². The van der Waals surface area contributed by atoms with Crippen LogP contribution < -0.4 is 5.32 Å². The second kappa shape index (κ2) is 6.62. The molecule has 25 heavy (non-hydrogen) atoms. The van der Waals surface area contributed by atoms with E-state index in [2.05, 4.69) is 22.3 Å². The highest BCUT2D eigenvalue weighted by atomic mass is 16.3. The molecule has 0 radical (unpaired) electrons. The Morgan fingerprint density at radius 1 is 0.960 bits per heavy atom. The van der Waals surface area contributed by atoms with Gasteiger partial charge in [-0.3, -0.25) is 9.69 Å². The first-order valence-corrected chi connectivity index (χ1v) is 9.08. The van der Waals surface area contributed by atoms with Gasteiger partial charge in [-0.25, -0.2) is 0 Å². The maximum absolute atomic E-state index is 12.8. The molecule has 4 nitrogen and oxygen atoms in total. The average Bonchev–Trinajstić information content (AvgIpc) is 2.94. The summed E-state index contributed by atoms with van der Waals surface area (Å²) >= 11 is 0. The minimum atomic E-state index is -0.847. The van der Waals surface area contributed by atoms with Gasteiger partial charge in [0.2, 0.25) is 5.91 Å². The Bertz CT molecular complexity index is 735. The first kappa shape index (κ1) is 16.3. The number of aliphatic hydroxyl groups excluding tert-OH is 1. The molecule has 2 aromatic rings. The maximum Gasteiger partial charge on any atom is 0.235 e. The van der Waals surface area contributed by atoms with E-state index in [4.69, 9.17) is 0 Å². The number of hydrogen-bond acceptors (Lipinski definition) is 3. The van der Waals surface area contributed by atoms with Gasteiger partial charge in [-0.2, -0.15) is 0 Å². The molecule has 2 aromatic carbocycles. The highest BCUT2D eigenvalue weighted by Crippen LogP contribution is 2.46. The van der Waals surface area contributed by atoms with Crippen LogP contribution in [0.2, 0.25) is 0 Å². The summed E-state index contributed by atoms with van der Waals surface area (Å²) in [6.45, 7) is 2.21. The Labute approximate surface area is 148 Å². The third-order valence-electron chi connectivity index (χ3n) is 5.47. The molecule has 0 unspecified atom stereocenters. The molecule has 1 heterocycles. The molecule has 0 spiro atoms. The number of benzene rings is 2. The van der Waals surface area contributed by atoms with E-state index < -0.39 is 5.54 Å². The van der Waals surface area contributed by atoms with Crippen molar-refractivity contribution in [2.24, 2.45) is 0 Å². The molecule has 4 rings (SSSR count). The Hall–Kier alpha value is -2.17. The Kier molecular flexibility index (Phi) is 4.32. The third kappa shape index (κ3) is 2.75. The number of rotatable bonds is 4. The predicted molar refractivity (Wildman–Crippen MR) is 98.2 cm³/mol. The van der Waals surface area contributed by atoms with E-state index in [0.29, 0.717) is 6.54 Å². The lowest BCUT2D eigenvalue weighted by molar-refractivity contribution is -0.124. The molecule has 0 saturated carbocycles. The standard InChI is InChI=1S/C21H24N2O2/c24-15-21(22-20(25)14-23-12-6-1-7-13-23)18-10-4-2-8-16(18)17-9-3-5-11-19(17)21/h2-5,8-11,24H,1,6-7,12-15H2,(H,22,25). The normalized spacial score (nSPS) is 18.4. The largest absolute Gasteiger partial charge is 0.393 e. The van der Waals surface area contributed by atoms with Gasteiger partial charge in [-0.05, 0) is 48.2 Å². The Balaban J connectivity index is 1.67. The second-order valence-corrected chi connectivity index (χ2v) is 7.04. The molecule has 1 fully saturated rings. The van der Waals surface area contributed by atoms with Crippen molar-refractivity contribution in [2.75, 3.05) is 26.2 Å². The number of carbonyl (C=O) groups is 1. The van der Waals surface area contributed by atoms with Gasteiger partial charge in [0, 0.05) is 0 Å². The maximum atomic E-state index is 12.8. The summed E-state index contributed by atoms with van der Waals surface area (Å²) in [7, 11) is 0. The van der Waals surface area contributed by atoms with Crippen molar-refractivity contribution < 1.29 is 9.90 Å². The number of aliphatic hydroxyl groups is 1. The van der Waals surface area contributed by atoms with E-state index in [9.17, 15) is 9.90 Å². The van der Waals surface area contributed by atoms with Crippen LogP contribution >= 0.6 is 0 Å². The number of fused-ring (bicyclic) bond motifs is 3. The van der Waals surface area contributed by atoms with Crippen LogP contribution in [0.1, 0.15) is 30.4 Å². The number of nitrogens with one attached hydrogen (secondary N) is 1. The van der Waals surface area contributed by atoms with Gasteiger partial charge in [-0.15, -0.1) is 0 Å². The smallest absolute Gasteiger partial charge is 0.235 e. The van der Waals surface area contributed by atoms with Crippen molar-refractivity contribution in [1.29, 1.82) is 0 Å². The zero-order valence-corrected chi connectivity index (χ0v) is 14.4. The zero-order valence-electron chi connectivity index (χ0n) is 14.4. The van der Waals surface area contributed by atoms with Crippen LogP contribution in [-0.4, -0.2) is 42.2 Å². The van der Waals surface area contributed by atoms with Crippen LogP contribution in [0.25, 0.3) is 11.1 Å². The van der Waals surface area contributed by atoms with Crippen LogP contribution in [0, 0.1) is 0 Å². The molecule has 4 heteroatoms. The lowest BCUT2D eigenvalue weighted by Gasteiger charge is -2.33. The molecule has 0 atom stereocenters. The molecular weight excluding hydrogens is 312 g/mol. The van der Waals surface area contributed by atoms with Crippen molar-refractivity contribution in [2.45, 2.75) is 24.8 Å². The summed E-state index contributed by atoms with van der Waals surface area (Å²) in [6.07, 6.45) is 3.56. The molecule has 0 bridgehead atoms. The van der Waals surface area contributed by atoms with Gasteiger partial charge in [0.15, 0.2) is 0 Å². The Morgan fingerprint density at radius 3 is 2.08 bits per heavy atom. The minimum Gasteiger partial charge on any atom is -0.393 e. The molecule has 1 amide bonds. The number of likely N-dealkylation sites (tertiary alicyclic amines) is 1. The average molecular weight is 336 g/mol. The monoisotopic (exact) mass is 336 g/mol. The number of hydrogen-bond donors (Lipinski definition) is 2. The summed E-state index contributed by atoms with van der Waals surface area (Å²) < 4.78 is 0. The molecule has 130 valence electrons. The number of carbonyl (C=O) groups excluding carboxylic acids is 1. The minimum absolute atomic E-state index is 0.0255. The van der Waals surface area contributed by atoms with Crippen LogP contribution in [-0.2, 0) is 10.3 Å². The molecular formula is C21H24N2O2. The number of amides is 1. The summed E-state index contributed by atoms with van der Waals surface area (Å²) in [5.41, 5.74) is 3.28. The summed E-state index contributed by atoms with van der Waals surface area (Å²) in [5, 5.41) is 13.5. The van der Waals surface area contributed by atoms with E-state index in [1.165, 1.54) is 6.42 Å². The first-order valence-electron chi connectivity index (χ1n) is 9.08. The third-order valence-corrected chi connectivity index (χ3v) is 5.47. The first-order chi connectivity index (χ1) is 12.2. The van der Waals surface area contributed by atoms with E-state index in [0.717, 1.165) is 48.2 Å². The Morgan fingerprint density at radius 2 is 1.52 bits per heavy atom. The van der Waals surface area contributed by atoms with E-state index >= 15 is 0 Å². The van der Waals surface area contributed by atoms with Gasteiger partial charge >= 0.3 is 0 Å². The fraction of sp³-hybridized carbons (Fsp3) is 0.381. The van der Waals surface area contributed by atoms with Gasteiger partial charge < -0.3 is 10.4 Å². The second-order valence-electron chi connectivity index (χ2n) is 7.04. The number of piperidine rings is 1. The molecule has 1 aliphatic heterocycles. The fourth-order valence-electron chi connectivity index (χ4n) is 4.27. The van der Waals surface area contributed by atoms with Crippen LogP contribution in [0.3, 0.4) is 0 Å². The lowest BCUT2D eigenvalue weighted by atomic mass is 9.88. The van der Waals surface area contributed by atoms with Crippen molar-refractivity contribution in [3.63, 3.8) is 0 Å². The SMILES string of the molecule is O=C(CN1CCCCC1)NC1(CO)c2ccccc2-c2ccccc21. The van der Waals surface area contributed by atoms with Gasteiger partial charge in [0.1, 0.15) is 5.54 Å². The summed E-state index contributed by atoms with van der Waals surface area (Å²) in [6, 6.07) is 16.1. The van der Waals surface area contributed by atoms with Crippen molar-refractivity contribution in [1.82, 2.24) is 10.2 Å². The molecule has 0 aromatic heterocycles. The highest BCUT2D eigenvalue weighted by Gasteiger charge is 2.43. The quantitative estimate of drug-likeness (QED) is 0.902. The molecule has 1 saturated heterocycles. The van der Waals surface area contributed by atoms with E-state index in [1.807, 2.05) is 36.4 Å². The van der Waals surface area contributed by atoms with Gasteiger partial charge in [0.05, 0.1) is 13.2 Å². The number of nitrogens with zero attached hydrogens (tertiary/aromatic N) is 1. The topological polar surface area (TPSA) is 52.6 Å². The van der Waals surface area contributed by atoms with Crippen LogP contribution in [0.15, 0.2) is 48.5 Å². The molecule has 2 N–H and O–H groups in total. The zero-order chi connectivity index (χ0) is 17.3. The molecule has 2 aliphatic rings. The van der Waals surface area contributed by atoms with Crippen molar-refractivity contribution in [3.05, 3.63) is 59.7 Å². The van der Waals surface area contributed by atoms with Gasteiger partial charge in [-0.1, -0.05) is 55.0 Å². The highest BCUT2D eigenvalue weighted by molar-refractivity contribution is 5.86. The fourth-order valence-corrected chi connectivity index (χ4v) is 4.27. The van der Waals surface area contributed by atoms with Crippen LogP contribution in [0.5, 0.6) is 0 Å².